The van der Waals surface area contributed by atoms with Gasteiger partial charge in [-0.2, -0.15) is 0 Å². The van der Waals surface area contributed by atoms with Crippen molar-refractivity contribution in [3.05, 3.63) is 64.9 Å². The molecular formula is C19H22ClN3O. The van der Waals surface area contributed by atoms with Crippen molar-refractivity contribution in [2.24, 2.45) is 5.92 Å². The molecule has 0 saturated carbocycles. The Balaban J connectivity index is 1.53. The summed E-state index contributed by atoms with van der Waals surface area (Å²) in [6, 6.07) is 12.2. The number of likely N-dealkylation sites (tertiary alicyclic amines) is 1. The van der Waals surface area contributed by atoms with Gasteiger partial charge in [0.1, 0.15) is 0 Å². The third kappa shape index (κ3) is 4.13. The number of hydrogen-bond acceptors (Lipinski definition) is 3. The molecule has 4 nitrogen and oxygen atoms in total. The largest absolute Gasteiger partial charge is 0.341 e. The second-order valence-electron chi connectivity index (χ2n) is 6.42. The molecule has 0 radical (unpaired) electrons. The molecule has 1 aliphatic heterocycles. The van der Waals surface area contributed by atoms with Gasteiger partial charge in [-0.25, -0.2) is 0 Å². The van der Waals surface area contributed by atoms with Crippen LogP contribution in [0.5, 0.6) is 0 Å². The van der Waals surface area contributed by atoms with Gasteiger partial charge >= 0.3 is 0 Å². The van der Waals surface area contributed by atoms with Crippen molar-refractivity contribution in [1.82, 2.24) is 14.8 Å². The van der Waals surface area contributed by atoms with E-state index in [1.165, 1.54) is 11.8 Å². The Labute approximate surface area is 148 Å². The Morgan fingerprint density at radius 3 is 2.88 bits per heavy atom. The van der Waals surface area contributed by atoms with Crippen LogP contribution in [0.3, 0.4) is 0 Å². The third-order valence-electron chi connectivity index (χ3n) is 4.50. The van der Waals surface area contributed by atoms with Crippen LogP contribution < -0.4 is 0 Å². The van der Waals surface area contributed by atoms with Crippen LogP contribution in [-0.2, 0) is 6.54 Å². The van der Waals surface area contributed by atoms with Gasteiger partial charge in [-0.3, -0.25) is 14.7 Å². The maximum Gasteiger partial charge on any atom is 0.255 e. The van der Waals surface area contributed by atoms with E-state index in [2.05, 4.69) is 34.1 Å². The van der Waals surface area contributed by atoms with Crippen molar-refractivity contribution in [3.63, 3.8) is 0 Å². The fourth-order valence-corrected chi connectivity index (χ4v) is 3.47. The Morgan fingerprint density at radius 2 is 2.12 bits per heavy atom. The quantitative estimate of drug-likeness (QED) is 0.835. The lowest BCUT2D eigenvalue weighted by molar-refractivity contribution is 0.0773. The number of aromatic nitrogens is 1. The Bertz CT molecular complexity index is 692. The third-order valence-corrected chi connectivity index (χ3v) is 4.80. The first-order chi connectivity index (χ1) is 11.6. The van der Waals surface area contributed by atoms with Crippen molar-refractivity contribution >= 4 is 17.5 Å². The van der Waals surface area contributed by atoms with Crippen molar-refractivity contribution in [2.75, 3.05) is 26.7 Å². The lowest BCUT2D eigenvalue weighted by Gasteiger charge is -2.22. The highest BCUT2D eigenvalue weighted by Gasteiger charge is 2.25. The maximum absolute atomic E-state index is 12.5. The molecule has 1 aliphatic rings. The standard InChI is InChI=1S/C19H22ClN3O/c1-22(19(24)17-7-9-21-11-18(17)20)12-16-8-10-23(14-16)13-15-5-3-2-4-6-15/h2-7,9,11,16H,8,10,12-14H2,1H3/t16-/m0/s1. The summed E-state index contributed by atoms with van der Waals surface area (Å²) in [4.78, 5) is 20.7. The van der Waals surface area contributed by atoms with Gasteiger partial charge in [-0.1, -0.05) is 41.9 Å². The molecule has 5 heteroatoms. The molecule has 1 atom stereocenters. The molecule has 0 aliphatic carbocycles. The van der Waals surface area contributed by atoms with Crippen LogP contribution in [0, 0.1) is 5.92 Å². The van der Waals surface area contributed by atoms with Crippen LogP contribution >= 0.6 is 11.6 Å². The predicted octanol–water partition coefficient (Wildman–Crippen LogP) is 3.33. The van der Waals surface area contributed by atoms with Crippen LogP contribution in [0.2, 0.25) is 5.02 Å². The van der Waals surface area contributed by atoms with E-state index < -0.39 is 0 Å². The molecule has 1 aromatic heterocycles. The Morgan fingerprint density at radius 1 is 1.33 bits per heavy atom. The van der Waals surface area contributed by atoms with Gasteiger partial charge in [0.2, 0.25) is 0 Å². The topological polar surface area (TPSA) is 36.4 Å². The zero-order chi connectivity index (χ0) is 16.9. The fourth-order valence-electron chi connectivity index (χ4n) is 3.27. The molecule has 24 heavy (non-hydrogen) atoms. The van der Waals surface area contributed by atoms with Crippen molar-refractivity contribution < 1.29 is 4.79 Å². The van der Waals surface area contributed by atoms with Crippen molar-refractivity contribution in [3.8, 4) is 0 Å². The Kier molecular flexibility index (Phi) is 5.48. The molecule has 1 amide bonds. The van der Waals surface area contributed by atoms with Gasteiger partial charge in [-0.05, 0) is 30.5 Å². The van der Waals surface area contributed by atoms with E-state index in [1.54, 1.807) is 17.2 Å². The molecule has 0 N–H and O–H groups in total. The summed E-state index contributed by atoms with van der Waals surface area (Å²) in [5, 5.41) is 0.409. The summed E-state index contributed by atoms with van der Waals surface area (Å²) in [7, 11) is 1.85. The van der Waals surface area contributed by atoms with E-state index in [-0.39, 0.29) is 5.91 Å². The van der Waals surface area contributed by atoms with E-state index in [9.17, 15) is 4.79 Å². The lowest BCUT2D eigenvalue weighted by atomic mass is 10.1. The monoisotopic (exact) mass is 343 g/mol. The molecule has 0 bridgehead atoms. The first-order valence-corrected chi connectivity index (χ1v) is 8.62. The van der Waals surface area contributed by atoms with Crippen LogP contribution in [0.1, 0.15) is 22.3 Å². The lowest BCUT2D eigenvalue weighted by Crippen LogP contribution is -2.33. The summed E-state index contributed by atoms with van der Waals surface area (Å²) in [5.74, 6) is 0.465. The van der Waals surface area contributed by atoms with Crippen molar-refractivity contribution in [2.45, 2.75) is 13.0 Å². The summed E-state index contributed by atoms with van der Waals surface area (Å²) in [6.45, 7) is 3.84. The number of pyridine rings is 1. The predicted molar refractivity (Wildman–Crippen MR) is 96.0 cm³/mol. The summed E-state index contributed by atoms with van der Waals surface area (Å²) < 4.78 is 0. The van der Waals surface area contributed by atoms with Gasteiger partial charge in [0.25, 0.3) is 5.91 Å². The van der Waals surface area contributed by atoms with Crippen LogP contribution in [-0.4, -0.2) is 47.4 Å². The van der Waals surface area contributed by atoms with Crippen LogP contribution in [0.25, 0.3) is 0 Å². The van der Waals surface area contributed by atoms with E-state index in [0.29, 0.717) is 16.5 Å². The van der Waals surface area contributed by atoms with E-state index in [1.807, 2.05) is 13.1 Å². The first-order valence-electron chi connectivity index (χ1n) is 8.24. The fraction of sp³-hybridized carbons (Fsp3) is 0.368. The summed E-state index contributed by atoms with van der Waals surface area (Å²) in [6.07, 6.45) is 4.23. The highest BCUT2D eigenvalue weighted by molar-refractivity contribution is 6.33. The normalized spacial score (nSPS) is 17.8. The average Bonchev–Trinajstić information content (AvgIpc) is 3.02. The second-order valence-corrected chi connectivity index (χ2v) is 6.82. The highest BCUT2D eigenvalue weighted by Crippen LogP contribution is 2.21. The summed E-state index contributed by atoms with van der Waals surface area (Å²) >= 11 is 6.08. The second kappa shape index (κ2) is 7.77. The van der Waals surface area contributed by atoms with Gasteiger partial charge in [0, 0.05) is 39.1 Å². The molecule has 1 aromatic carbocycles. The Hall–Kier alpha value is -1.91. The average molecular weight is 344 g/mol. The number of hydrogen-bond donors (Lipinski definition) is 0. The van der Waals surface area contributed by atoms with Gasteiger partial charge in [-0.15, -0.1) is 0 Å². The minimum absolute atomic E-state index is 0.0380. The maximum atomic E-state index is 12.5. The zero-order valence-electron chi connectivity index (χ0n) is 13.9. The van der Waals surface area contributed by atoms with Gasteiger partial charge in [0.15, 0.2) is 0 Å². The number of nitrogens with zero attached hydrogens (tertiary/aromatic N) is 3. The molecule has 126 valence electrons. The number of carbonyl (C=O) groups excluding carboxylic acids is 1. The summed E-state index contributed by atoms with van der Waals surface area (Å²) in [5.41, 5.74) is 1.86. The molecule has 3 rings (SSSR count). The van der Waals surface area contributed by atoms with Crippen molar-refractivity contribution in [1.29, 1.82) is 0 Å². The van der Waals surface area contributed by atoms with Crippen LogP contribution in [0.15, 0.2) is 48.8 Å². The van der Waals surface area contributed by atoms with E-state index in [4.69, 9.17) is 11.6 Å². The first kappa shape index (κ1) is 16.9. The minimum Gasteiger partial charge on any atom is -0.341 e. The number of amides is 1. The smallest absolute Gasteiger partial charge is 0.255 e. The molecule has 0 spiro atoms. The molecule has 2 aromatic rings. The van der Waals surface area contributed by atoms with Gasteiger partial charge < -0.3 is 4.90 Å². The SMILES string of the molecule is CN(C[C@@H]1CCN(Cc2ccccc2)C1)C(=O)c1ccncc1Cl. The molecular weight excluding hydrogens is 322 g/mol. The zero-order valence-corrected chi connectivity index (χ0v) is 14.6. The van der Waals surface area contributed by atoms with Gasteiger partial charge in [0.05, 0.1) is 10.6 Å². The number of benzene rings is 1. The van der Waals surface area contributed by atoms with E-state index in [0.717, 1.165) is 32.6 Å². The minimum atomic E-state index is -0.0380. The number of rotatable bonds is 5. The molecule has 1 saturated heterocycles. The molecule has 1 fully saturated rings. The number of halogens is 1. The molecule has 0 unspecified atom stereocenters. The molecule has 2 heterocycles. The van der Waals surface area contributed by atoms with Crippen LogP contribution in [0.4, 0.5) is 0 Å². The highest BCUT2D eigenvalue weighted by atomic mass is 35.5. The van der Waals surface area contributed by atoms with E-state index >= 15 is 0 Å². The number of carbonyl (C=O) groups is 1.